The van der Waals surface area contributed by atoms with Crippen LogP contribution in [0.1, 0.15) is 11.1 Å². The highest BCUT2D eigenvalue weighted by Crippen LogP contribution is 2.07. The molecule has 0 spiro atoms. The number of aliphatic hydroxyl groups is 1. The second kappa shape index (κ2) is 3.93. The molecule has 1 aromatic rings. The van der Waals surface area contributed by atoms with Gasteiger partial charge in [0.15, 0.2) is 0 Å². The molecule has 0 bridgehead atoms. The third-order valence-corrected chi connectivity index (χ3v) is 2.24. The first kappa shape index (κ1) is 8.01. The highest BCUT2D eigenvalue weighted by molar-refractivity contribution is 14.1. The Morgan fingerprint density at radius 2 is 1.60 bits per heavy atom. The Balaban J connectivity index is 2.80. The van der Waals surface area contributed by atoms with E-state index in [-0.39, 0.29) is 6.61 Å². The first-order chi connectivity index (χ1) is 4.86. The normalized spacial score (nSPS) is 9.80. The second-order valence-corrected chi connectivity index (χ2v) is 2.87. The zero-order chi connectivity index (χ0) is 7.40. The van der Waals surface area contributed by atoms with Crippen molar-refractivity contribution in [1.29, 1.82) is 0 Å². The van der Waals surface area contributed by atoms with Crippen LogP contribution in [0.5, 0.6) is 0 Å². The molecule has 0 saturated carbocycles. The van der Waals surface area contributed by atoms with Crippen LogP contribution in [0, 0.1) is 0 Å². The van der Waals surface area contributed by atoms with Gasteiger partial charge in [-0.15, -0.1) is 0 Å². The van der Waals surface area contributed by atoms with E-state index in [1.54, 1.807) is 0 Å². The monoisotopic (exact) mass is 248 g/mol. The summed E-state index contributed by atoms with van der Waals surface area (Å²) < 4.78 is 1.03. The molecule has 0 amide bonds. The fraction of sp³-hybridized carbons (Fsp3) is 0.250. The number of alkyl halides is 1. The lowest BCUT2D eigenvalue weighted by molar-refractivity contribution is 0.282. The van der Waals surface area contributed by atoms with Crippen molar-refractivity contribution >= 4 is 22.6 Å². The van der Waals surface area contributed by atoms with E-state index in [2.05, 4.69) is 22.6 Å². The lowest BCUT2D eigenvalue weighted by atomic mass is 10.2. The SMILES string of the molecule is OCc1ccc(CI)cc1. The van der Waals surface area contributed by atoms with Crippen LogP contribution < -0.4 is 0 Å². The largest absolute Gasteiger partial charge is 0.392 e. The van der Waals surface area contributed by atoms with E-state index in [9.17, 15) is 0 Å². The average Bonchev–Trinajstić information content (AvgIpc) is 2.05. The molecule has 1 nitrogen and oxygen atoms in total. The third-order valence-electron chi connectivity index (χ3n) is 1.36. The molecule has 1 rings (SSSR count). The summed E-state index contributed by atoms with van der Waals surface area (Å²) in [6.45, 7) is 0.140. The number of aliphatic hydroxyl groups excluding tert-OH is 1. The Morgan fingerprint density at radius 1 is 1.10 bits per heavy atom. The van der Waals surface area contributed by atoms with Crippen LogP contribution in [0.4, 0.5) is 0 Å². The predicted molar refractivity (Wildman–Crippen MR) is 50.1 cm³/mol. The standard InChI is InChI=1S/C8H9IO/c9-5-7-1-3-8(6-10)4-2-7/h1-4,10H,5-6H2. The molecular formula is C8H9IO. The Morgan fingerprint density at radius 3 is 2.00 bits per heavy atom. The number of benzene rings is 1. The van der Waals surface area contributed by atoms with E-state index < -0.39 is 0 Å². The molecule has 0 atom stereocenters. The summed E-state index contributed by atoms with van der Waals surface area (Å²) in [7, 11) is 0. The van der Waals surface area contributed by atoms with Crippen LogP contribution in [-0.4, -0.2) is 5.11 Å². The van der Waals surface area contributed by atoms with E-state index in [0.29, 0.717) is 0 Å². The summed E-state index contributed by atoms with van der Waals surface area (Å²) in [5.74, 6) is 0. The molecule has 0 fully saturated rings. The van der Waals surface area contributed by atoms with Gasteiger partial charge >= 0.3 is 0 Å². The molecule has 10 heavy (non-hydrogen) atoms. The van der Waals surface area contributed by atoms with Crippen LogP contribution in [0.3, 0.4) is 0 Å². The van der Waals surface area contributed by atoms with Crippen LogP contribution in [0.2, 0.25) is 0 Å². The van der Waals surface area contributed by atoms with Crippen molar-refractivity contribution in [3.8, 4) is 0 Å². The van der Waals surface area contributed by atoms with Gasteiger partial charge in [0.1, 0.15) is 0 Å². The quantitative estimate of drug-likeness (QED) is 0.627. The van der Waals surface area contributed by atoms with Gasteiger partial charge < -0.3 is 5.11 Å². The molecule has 54 valence electrons. The maximum absolute atomic E-state index is 8.70. The maximum atomic E-state index is 8.70. The molecule has 0 aliphatic heterocycles. The van der Waals surface area contributed by atoms with Gasteiger partial charge in [0.05, 0.1) is 6.61 Å². The van der Waals surface area contributed by atoms with Crippen LogP contribution in [0.25, 0.3) is 0 Å². The number of rotatable bonds is 2. The summed E-state index contributed by atoms with van der Waals surface area (Å²) in [4.78, 5) is 0. The third kappa shape index (κ3) is 1.95. The first-order valence-electron chi connectivity index (χ1n) is 3.11. The summed E-state index contributed by atoms with van der Waals surface area (Å²) >= 11 is 2.31. The second-order valence-electron chi connectivity index (χ2n) is 2.11. The Bertz CT molecular complexity index is 170. The van der Waals surface area contributed by atoms with Crippen molar-refractivity contribution in [3.63, 3.8) is 0 Å². The van der Waals surface area contributed by atoms with Gasteiger partial charge in [-0.25, -0.2) is 0 Å². The van der Waals surface area contributed by atoms with Gasteiger partial charge in [-0.05, 0) is 11.1 Å². The molecule has 1 N–H and O–H groups in total. The zero-order valence-corrected chi connectivity index (χ0v) is 7.71. The molecule has 0 radical (unpaired) electrons. The smallest absolute Gasteiger partial charge is 0.0681 e. The van der Waals surface area contributed by atoms with Gasteiger partial charge in [0.25, 0.3) is 0 Å². The van der Waals surface area contributed by atoms with Crippen LogP contribution in [-0.2, 0) is 11.0 Å². The van der Waals surface area contributed by atoms with Crippen LogP contribution in [0.15, 0.2) is 24.3 Å². The summed E-state index contributed by atoms with van der Waals surface area (Å²) in [6.07, 6.45) is 0. The predicted octanol–water partition coefficient (Wildman–Crippen LogP) is 2.11. The minimum Gasteiger partial charge on any atom is -0.392 e. The lowest BCUT2D eigenvalue weighted by Gasteiger charge is -1.96. The molecule has 0 aliphatic carbocycles. The Hall–Kier alpha value is -0.0900. The van der Waals surface area contributed by atoms with Crippen molar-refractivity contribution in [2.24, 2.45) is 0 Å². The highest BCUT2D eigenvalue weighted by atomic mass is 127. The Labute approximate surface area is 74.2 Å². The van der Waals surface area contributed by atoms with E-state index in [1.807, 2.05) is 24.3 Å². The molecular weight excluding hydrogens is 239 g/mol. The van der Waals surface area contributed by atoms with Gasteiger partial charge in [-0.2, -0.15) is 0 Å². The molecule has 0 saturated heterocycles. The van der Waals surface area contributed by atoms with Crippen molar-refractivity contribution < 1.29 is 5.11 Å². The van der Waals surface area contributed by atoms with E-state index >= 15 is 0 Å². The summed E-state index contributed by atoms with van der Waals surface area (Å²) in [6, 6.07) is 7.98. The number of hydrogen-bond acceptors (Lipinski definition) is 1. The minimum atomic E-state index is 0.140. The zero-order valence-electron chi connectivity index (χ0n) is 5.55. The van der Waals surface area contributed by atoms with E-state index in [0.717, 1.165) is 9.99 Å². The maximum Gasteiger partial charge on any atom is 0.0681 e. The van der Waals surface area contributed by atoms with Crippen LogP contribution >= 0.6 is 22.6 Å². The van der Waals surface area contributed by atoms with Crippen molar-refractivity contribution in [1.82, 2.24) is 0 Å². The fourth-order valence-corrected chi connectivity index (χ4v) is 1.24. The lowest BCUT2D eigenvalue weighted by Crippen LogP contribution is -1.82. The van der Waals surface area contributed by atoms with Gasteiger partial charge in [0, 0.05) is 4.43 Å². The van der Waals surface area contributed by atoms with Crippen molar-refractivity contribution in [2.75, 3.05) is 0 Å². The molecule has 0 unspecified atom stereocenters. The fourth-order valence-electron chi connectivity index (χ4n) is 0.734. The highest BCUT2D eigenvalue weighted by Gasteiger charge is 1.89. The minimum absolute atomic E-state index is 0.140. The van der Waals surface area contributed by atoms with Crippen molar-refractivity contribution in [2.45, 2.75) is 11.0 Å². The number of hydrogen-bond donors (Lipinski definition) is 1. The molecule has 0 aliphatic rings. The molecule has 0 aromatic heterocycles. The molecule has 0 heterocycles. The van der Waals surface area contributed by atoms with E-state index in [1.165, 1.54) is 5.56 Å². The Kier molecular flexibility index (Phi) is 3.15. The summed E-state index contributed by atoms with van der Waals surface area (Å²) in [5, 5.41) is 8.70. The topological polar surface area (TPSA) is 20.2 Å². The van der Waals surface area contributed by atoms with E-state index in [4.69, 9.17) is 5.11 Å². The van der Waals surface area contributed by atoms with Crippen molar-refractivity contribution in [3.05, 3.63) is 35.4 Å². The molecule has 1 aromatic carbocycles. The number of halogens is 1. The average molecular weight is 248 g/mol. The van der Waals surface area contributed by atoms with Gasteiger partial charge in [-0.1, -0.05) is 46.9 Å². The van der Waals surface area contributed by atoms with Gasteiger partial charge in [-0.3, -0.25) is 0 Å². The summed E-state index contributed by atoms with van der Waals surface area (Å²) in [5.41, 5.74) is 2.28. The molecule has 2 heteroatoms. The first-order valence-corrected chi connectivity index (χ1v) is 4.64. The van der Waals surface area contributed by atoms with Gasteiger partial charge in [0.2, 0.25) is 0 Å².